The fourth-order valence-corrected chi connectivity index (χ4v) is 4.13. The van der Waals surface area contributed by atoms with E-state index in [0.29, 0.717) is 0 Å². The van der Waals surface area contributed by atoms with Crippen LogP contribution in [0.1, 0.15) is 15.9 Å². The number of nitrogens with one attached hydrogen (secondary N) is 1. The van der Waals surface area contributed by atoms with Gasteiger partial charge in [-0.1, -0.05) is 29.8 Å². The fourth-order valence-electron chi connectivity index (χ4n) is 2.18. The van der Waals surface area contributed by atoms with Gasteiger partial charge in [-0.3, -0.25) is 4.79 Å². The van der Waals surface area contributed by atoms with Crippen LogP contribution in [-0.4, -0.2) is 14.3 Å². The third kappa shape index (κ3) is 4.07. The van der Waals surface area contributed by atoms with Crippen molar-refractivity contribution >= 4 is 55.0 Å². The minimum Gasteiger partial charge on any atom is -0.268 e. The van der Waals surface area contributed by atoms with Crippen LogP contribution in [0.2, 0.25) is 5.02 Å². The molecule has 1 N–H and O–H groups in total. The van der Waals surface area contributed by atoms with Gasteiger partial charge in [0.05, 0.1) is 16.0 Å². The third-order valence-electron chi connectivity index (χ3n) is 3.35. The van der Waals surface area contributed by atoms with Gasteiger partial charge < -0.3 is 0 Å². The summed E-state index contributed by atoms with van der Waals surface area (Å²) in [6.45, 7) is 0. The lowest BCUT2D eigenvalue weighted by molar-refractivity contribution is 0.0982. The Balaban J connectivity index is 1.81. The second-order valence-electron chi connectivity index (χ2n) is 5.09. The first kappa shape index (κ1) is 17.6. The Hall–Kier alpha value is -2.22. The topological polar surface area (TPSA) is 63.2 Å². The van der Waals surface area contributed by atoms with E-state index in [1.165, 1.54) is 17.4 Å². The Morgan fingerprint density at radius 3 is 2.72 bits per heavy atom. The van der Waals surface area contributed by atoms with Crippen LogP contribution in [0.5, 0.6) is 0 Å². The molecule has 0 atom stereocenters. The molecule has 0 saturated carbocycles. The van der Waals surface area contributed by atoms with Gasteiger partial charge in [0.15, 0.2) is 0 Å². The molecule has 0 bridgehead atoms. The maximum atomic E-state index is 13.0. The van der Waals surface area contributed by atoms with E-state index in [1.54, 1.807) is 0 Å². The number of hydrogen-bond donors (Lipinski definition) is 1. The van der Waals surface area contributed by atoms with Crippen molar-refractivity contribution in [2.45, 2.75) is 0 Å². The van der Waals surface area contributed by atoms with E-state index in [9.17, 15) is 17.6 Å². The normalized spacial score (nSPS) is 11.9. The van der Waals surface area contributed by atoms with Crippen molar-refractivity contribution in [3.8, 4) is 0 Å². The van der Waals surface area contributed by atoms with Gasteiger partial charge in [-0.05, 0) is 46.7 Å². The summed E-state index contributed by atoms with van der Waals surface area (Å²) >= 11 is 7.26. The molecule has 1 heterocycles. The predicted molar refractivity (Wildman–Crippen MR) is 98.7 cm³/mol. The van der Waals surface area contributed by atoms with Crippen molar-refractivity contribution in [1.29, 1.82) is 0 Å². The summed E-state index contributed by atoms with van der Waals surface area (Å²) in [6, 6.07) is 10.7. The zero-order valence-corrected chi connectivity index (χ0v) is 15.0. The standard InChI is InChI=1S/C17H11ClFNO3S2/c18-15-9-12(19)5-6-14(15)17(21)20-25(22,23)8-7-11-10-24-16-4-2-1-3-13(11)16/h1-10H,(H,20,21)/b8-7+. The Morgan fingerprint density at radius 2 is 1.96 bits per heavy atom. The molecule has 0 fully saturated rings. The molecule has 2 aromatic carbocycles. The maximum Gasteiger partial charge on any atom is 0.266 e. The maximum absolute atomic E-state index is 13.0. The first-order valence-electron chi connectivity index (χ1n) is 7.02. The number of hydrogen-bond acceptors (Lipinski definition) is 4. The van der Waals surface area contributed by atoms with Crippen molar-refractivity contribution in [2.75, 3.05) is 0 Å². The zero-order chi connectivity index (χ0) is 18.0. The average Bonchev–Trinajstić information content (AvgIpc) is 2.95. The van der Waals surface area contributed by atoms with E-state index in [4.69, 9.17) is 11.6 Å². The zero-order valence-electron chi connectivity index (χ0n) is 12.6. The summed E-state index contributed by atoms with van der Waals surface area (Å²) in [5.41, 5.74) is 0.610. The summed E-state index contributed by atoms with van der Waals surface area (Å²) in [5, 5.41) is 3.50. The number of fused-ring (bicyclic) bond motifs is 1. The second kappa shape index (κ2) is 6.95. The van der Waals surface area contributed by atoms with Crippen molar-refractivity contribution in [1.82, 2.24) is 4.72 Å². The number of amides is 1. The van der Waals surface area contributed by atoms with Gasteiger partial charge in [0.2, 0.25) is 0 Å². The van der Waals surface area contributed by atoms with Gasteiger partial charge in [-0.2, -0.15) is 0 Å². The summed E-state index contributed by atoms with van der Waals surface area (Å²) in [6.07, 6.45) is 1.42. The molecule has 1 amide bonds. The van der Waals surface area contributed by atoms with Crippen LogP contribution < -0.4 is 4.72 Å². The van der Waals surface area contributed by atoms with Gasteiger partial charge >= 0.3 is 0 Å². The van der Waals surface area contributed by atoms with Crippen LogP contribution in [0.4, 0.5) is 4.39 Å². The van der Waals surface area contributed by atoms with Gasteiger partial charge in [0, 0.05) is 4.70 Å². The van der Waals surface area contributed by atoms with Crippen LogP contribution in [0.3, 0.4) is 0 Å². The van der Waals surface area contributed by atoms with Gasteiger partial charge in [0.1, 0.15) is 5.82 Å². The smallest absolute Gasteiger partial charge is 0.266 e. The number of benzene rings is 2. The van der Waals surface area contributed by atoms with Gasteiger partial charge in [0.25, 0.3) is 15.9 Å². The molecule has 0 saturated heterocycles. The predicted octanol–water partition coefficient (Wildman–Crippen LogP) is 4.42. The summed E-state index contributed by atoms with van der Waals surface area (Å²) in [4.78, 5) is 12.0. The number of carbonyl (C=O) groups excluding carboxylic acids is 1. The highest BCUT2D eigenvalue weighted by atomic mass is 35.5. The molecule has 0 unspecified atom stereocenters. The minimum atomic E-state index is -4.03. The highest BCUT2D eigenvalue weighted by molar-refractivity contribution is 7.93. The molecule has 0 aliphatic heterocycles. The number of thiophene rings is 1. The van der Waals surface area contributed by atoms with Crippen LogP contribution in [-0.2, 0) is 10.0 Å². The van der Waals surface area contributed by atoms with Crippen molar-refractivity contribution in [2.24, 2.45) is 0 Å². The first-order valence-corrected chi connectivity index (χ1v) is 9.83. The van der Waals surface area contributed by atoms with Gasteiger partial charge in [-0.15, -0.1) is 11.3 Å². The quantitative estimate of drug-likeness (QED) is 0.711. The van der Waals surface area contributed by atoms with E-state index in [-0.39, 0.29) is 10.6 Å². The number of sulfonamides is 1. The molecule has 0 spiro atoms. The van der Waals surface area contributed by atoms with Crippen LogP contribution >= 0.6 is 22.9 Å². The minimum absolute atomic E-state index is 0.124. The molecule has 4 nitrogen and oxygen atoms in total. The summed E-state index contributed by atoms with van der Waals surface area (Å²) < 4.78 is 40.1. The Morgan fingerprint density at radius 1 is 1.20 bits per heavy atom. The molecule has 0 aliphatic carbocycles. The average molecular weight is 396 g/mol. The largest absolute Gasteiger partial charge is 0.268 e. The molecule has 3 rings (SSSR count). The van der Waals surface area contributed by atoms with Crippen LogP contribution in [0, 0.1) is 5.82 Å². The Bertz CT molecular complexity index is 1090. The Labute approximate surface area is 152 Å². The van der Waals surface area contributed by atoms with Gasteiger partial charge in [-0.25, -0.2) is 17.5 Å². The van der Waals surface area contributed by atoms with Crippen molar-refractivity contribution in [3.05, 3.63) is 75.2 Å². The lowest BCUT2D eigenvalue weighted by atomic mass is 10.2. The van der Waals surface area contributed by atoms with E-state index < -0.39 is 21.7 Å². The van der Waals surface area contributed by atoms with Crippen LogP contribution in [0.15, 0.2) is 53.3 Å². The van der Waals surface area contributed by atoms with Crippen LogP contribution in [0.25, 0.3) is 16.2 Å². The highest BCUT2D eigenvalue weighted by Gasteiger charge is 2.16. The molecule has 0 aliphatic rings. The molecule has 128 valence electrons. The van der Waals surface area contributed by atoms with E-state index in [2.05, 4.69) is 0 Å². The number of rotatable bonds is 4. The second-order valence-corrected chi connectivity index (χ2v) is 7.98. The number of halogens is 2. The molecule has 3 aromatic rings. The van der Waals surface area contributed by atoms with E-state index in [0.717, 1.165) is 39.3 Å². The Kier molecular flexibility index (Phi) is 4.89. The monoisotopic (exact) mass is 395 g/mol. The molecular formula is C17H11ClFNO3S2. The lowest BCUT2D eigenvalue weighted by Gasteiger charge is -2.05. The summed E-state index contributed by atoms with van der Waals surface area (Å²) in [7, 11) is -4.03. The highest BCUT2D eigenvalue weighted by Crippen LogP contribution is 2.26. The third-order valence-corrected chi connectivity index (χ3v) is 5.61. The summed E-state index contributed by atoms with van der Waals surface area (Å²) in [5.74, 6) is -1.54. The molecular weight excluding hydrogens is 385 g/mol. The van der Waals surface area contributed by atoms with E-state index in [1.807, 2.05) is 34.4 Å². The fraction of sp³-hybridized carbons (Fsp3) is 0. The number of carbonyl (C=O) groups is 1. The SMILES string of the molecule is O=C(NS(=O)(=O)/C=C/c1csc2ccccc12)c1ccc(F)cc1Cl. The van der Waals surface area contributed by atoms with E-state index >= 15 is 0 Å². The molecule has 1 aromatic heterocycles. The molecule has 8 heteroatoms. The lowest BCUT2D eigenvalue weighted by Crippen LogP contribution is -2.29. The molecule has 25 heavy (non-hydrogen) atoms. The van der Waals surface area contributed by atoms with Crippen molar-refractivity contribution in [3.63, 3.8) is 0 Å². The molecule has 0 radical (unpaired) electrons. The first-order chi connectivity index (χ1) is 11.9. The van der Waals surface area contributed by atoms with Crippen molar-refractivity contribution < 1.29 is 17.6 Å².